The van der Waals surface area contributed by atoms with Crippen LogP contribution < -0.4 is 10.2 Å². The van der Waals surface area contributed by atoms with Gasteiger partial charge in [-0.15, -0.1) is 0 Å². The summed E-state index contributed by atoms with van der Waals surface area (Å²) in [4.78, 5) is 15.5. The minimum Gasteiger partial charge on any atom is -0.370 e. The van der Waals surface area contributed by atoms with Crippen molar-refractivity contribution in [2.75, 3.05) is 23.8 Å². The lowest BCUT2D eigenvalue weighted by atomic mass is 10.2. The maximum absolute atomic E-state index is 4.55. The molecule has 5 nitrogen and oxygen atoms in total. The average Bonchev–Trinajstić information content (AvgIpc) is 2.47. The number of aromatic nitrogens is 3. The van der Waals surface area contributed by atoms with Gasteiger partial charge in [-0.25, -0.2) is 9.97 Å². The van der Waals surface area contributed by atoms with Gasteiger partial charge in [0, 0.05) is 24.8 Å². The molecule has 0 aliphatic carbocycles. The van der Waals surface area contributed by atoms with E-state index < -0.39 is 0 Å². The highest BCUT2D eigenvalue weighted by molar-refractivity contribution is 5.58. The first-order valence-electron chi connectivity index (χ1n) is 7.37. The SMILES string of the molecule is CCNc1ncnc(N(C)Cc2cccc(C)n2)c1CC. The van der Waals surface area contributed by atoms with Crippen LogP contribution in [0.1, 0.15) is 30.8 Å². The van der Waals surface area contributed by atoms with Crippen molar-refractivity contribution in [3.8, 4) is 0 Å². The molecule has 2 heterocycles. The van der Waals surface area contributed by atoms with E-state index in [-0.39, 0.29) is 0 Å². The van der Waals surface area contributed by atoms with Gasteiger partial charge in [0.15, 0.2) is 0 Å². The van der Waals surface area contributed by atoms with Crippen LogP contribution in [0.25, 0.3) is 0 Å². The Labute approximate surface area is 126 Å². The van der Waals surface area contributed by atoms with Gasteiger partial charge >= 0.3 is 0 Å². The third kappa shape index (κ3) is 3.68. The summed E-state index contributed by atoms with van der Waals surface area (Å²) in [7, 11) is 2.04. The van der Waals surface area contributed by atoms with E-state index in [2.05, 4.69) is 39.0 Å². The van der Waals surface area contributed by atoms with E-state index >= 15 is 0 Å². The molecule has 0 amide bonds. The zero-order valence-corrected chi connectivity index (χ0v) is 13.2. The van der Waals surface area contributed by atoms with E-state index in [0.29, 0.717) is 0 Å². The Morgan fingerprint density at radius 3 is 2.67 bits per heavy atom. The number of nitrogens with zero attached hydrogens (tertiary/aromatic N) is 4. The predicted molar refractivity (Wildman–Crippen MR) is 86.7 cm³/mol. The highest BCUT2D eigenvalue weighted by atomic mass is 15.2. The first-order valence-corrected chi connectivity index (χ1v) is 7.37. The second-order valence-electron chi connectivity index (χ2n) is 5.03. The largest absolute Gasteiger partial charge is 0.370 e. The summed E-state index contributed by atoms with van der Waals surface area (Å²) in [6.45, 7) is 7.79. The van der Waals surface area contributed by atoms with Crippen molar-refractivity contribution in [1.29, 1.82) is 0 Å². The minimum absolute atomic E-state index is 0.733. The Morgan fingerprint density at radius 2 is 2.00 bits per heavy atom. The zero-order chi connectivity index (χ0) is 15.2. The van der Waals surface area contributed by atoms with Gasteiger partial charge in [-0.05, 0) is 32.4 Å². The van der Waals surface area contributed by atoms with Crippen molar-refractivity contribution in [1.82, 2.24) is 15.0 Å². The lowest BCUT2D eigenvalue weighted by Crippen LogP contribution is -2.21. The van der Waals surface area contributed by atoms with Crippen LogP contribution in [0.3, 0.4) is 0 Å². The lowest BCUT2D eigenvalue weighted by Gasteiger charge is -2.22. The van der Waals surface area contributed by atoms with Gasteiger partial charge in [0.05, 0.1) is 12.2 Å². The van der Waals surface area contributed by atoms with Crippen molar-refractivity contribution >= 4 is 11.6 Å². The molecule has 0 spiro atoms. The van der Waals surface area contributed by atoms with E-state index in [1.165, 1.54) is 0 Å². The highest BCUT2D eigenvalue weighted by Gasteiger charge is 2.13. The monoisotopic (exact) mass is 285 g/mol. The molecule has 0 saturated carbocycles. The average molecular weight is 285 g/mol. The number of hydrogen-bond acceptors (Lipinski definition) is 5. The molecule has 0 radical (unpaired) electrons. The van der Waals surface area contributed by atoms with Gasteiger partial charge in [0.25, 0.3) is 0 Å². The number of anilines is 2. The second-order valence-corrected chi connectivity index (χ2v) is 5.03. The van der Waals surface area contributed by atoms with Gasteiger partial charge in [0.1, 0.15) is 18.0 Å². The first kappa shape index (κ1) is 15.2. The Hall–Kier alpha value is -2.17. The Kier molecular flexibility index (Phi) is 5.09. The number of nitrogens with one attached hydrogen (secondary N) is 1. The summed E-state index contributed by atoms with van der Waals surface area (Å²) >= 11 is 0. The summed E-state index contributed by atoms with van der Waals surface area (Å²) in [6, 6.07) is 6.09. The van der Waals surface area contributed by atoms with Gasteiger partial charge < -0.3 is 10.2 Å². The molecule has 21 heavy (non-hydrogen) atoms. The molecule has 0 aliphatic rings. The molecule has 2 aromatic rings. The van der Waals surface area contributed by atoms with Crippen LogP contribution in [0.5, 0.6) is 0 Å². The second kappa shape index (κ2) is 7.02. The molecule has 0 saturated heterocycles. The summed E-state index contributed by atoms with van der Waals surface area (Å²) in [6.07, 6.45) is 2.51. The van der Waals surface area contributed by atoms with E-state index in [0.717, 1.165) is 48.1 Å². The molecular formula is C16H23N5. The topological polar surface area (TPSA) is 53.9 Å². The van der Waals surface area contributed by atoms with Crippen LogP contribution in [-0.2, 0) is 13.0 Å². The van der Waals surface area contributed by atoms with E-state index in [1.807, 2.05) is 32.2 Å². The van der Waals surface area contributed by atoms with Crippen molar-refractivity contribution in [3.63, 3.8) is 0 Å². The maximum atomic E-state index is 4.55. The smallest absolute Gasteiger partial charge is 0.137 e. The minimum atomic E-state index is 0.733. The fourth-order valence-corrected chi connectivity index (χ4v) is 2.38. The normalized spacial score (nSPS) is 10.5. The number of rotatable bonds is 6. The third-order valence-corrected chi connectivity index (χ3v) is 3.33. The summed E-state index contributed by atoms with van der Waals surface area (Å²) in [5.41, 5.74) is 3.23. The fraction of sp³-hybridized carbons (Fsp3) is 0.438. The molecule has 2 aromatic heterocycles. The lowest BCUT2D eigenvalue weighted by molar-refractivity contribution is 0.840. The summed E-state index contributed by atoms with van der Waals surface area (Å²) in [5, 5.41) is 3.30. The Bertz CT molecular complexity index is 597. The zero-order valence-electron chi connectivity index (χ0n) is 13.2. The third-order valence-electron chi connectivity index (χ3n) is 3.33. The van der Waals surface area contributed by atoms with Crippen molar-refractivity contribution in [2.45, 2.75) is 33.7 Å². The van der Waals surface area contributed by atoms with Gasteiger partial charge in [-0.2, -0.15) is 0 Å². The Balaban J connectivity index is 2.26. The molecule has 0 aliphatic heterocycles. The van der Waals surface area contributed by atoms with Crippen molar-refractivity contribution in [2.24, 2.45) is 0 Å². The molecule has 0 atom stereocenters. The summed E-state index contributed by atoms with van der Waals surface area (Å²) < 4.78 is 0. The van der Waals surface area contributed by atoms with E-state index in [9.17, 15) is 0 Å². The standard InChI is InChI=1S/C16H23N5/c1-5-14-15(17-6-2)18-11-19-16(14)21(4)10-13-9-7-8-12(3)20-13/h7-9,11H,5-6,10H2,1-4H3,(H,17,18,19). The molecule has 0 fully saturated rings. The highest BCUT2D eigenvalue weighted by Crippen LogP contribution is 2.24. The van der Waals surface area contributed by atoms with Gasteiger partial charge in [-0.1, -0.05) is 13.0 Å². The molecule has 0 bridgehead atoms. The van der Waals surface area contributed by atoms with Gasteiger partial charge in [0.2, 0.25) is 0 Å². The van der Waals surface area contributed by atoms with Crippen LogP contribution in [0, 0.1) is 6.92 Å². The van der Waals surface area contributed by atoms with Crippen LogP contribution in [0.4, 0.5) is 11.6 Å². The quantitative estimate of drug-likeness (QED) is 0.884. The molecule has 2 rings (SSSR count). The number of hydrogen-bond donors (Lipinski definition) is 1. The molecule has 1 N–H and O–H groups in total. The van der Waals surface area contributed by atoms with Crippen LogP contribution >= 0.6 is 0 Å². The molecule has 112 valence electrons. The summed E-state index contributed by atoms with van der Waals surface area (Å²) in [5.74, 6) is 1.89. The molecule has 0 aromatic carbocycles. The van der Waals surface area contributed by atoms with Crippen molar-refractivity contribution < 1.29 is 0 Å². The number of aryl methyl sites for hydroxylation is 1. The van der Waals surface area contributed by atoms with E-state index in [4.69, 9.17) is 0 Å². The number of pyridine rings is 1. The maximum Gasteiger partial charge on any atom is 0.137 e. The molecule has 0 unspecified atom stereocenters. The van der Waals surface area contributed by atoms with Crippen LogP contribution in [0.15, 0.2) is 24.5 Å². The Morgan fingerprint density at radius 1 is 1.19 bits per heavy atom. The predicted octanol–water partition coefficient (Wildman–Crippen LogP) is 2.81. The molecular weight excluding hydrogens is 262 g/mol. The van der Waals surface area contributed by atoms with Crippen molar-refractivity contribution in [3.05, 3.63) is 41.5 Å². The molecule has 5 heteroatoms. The van der Waals surface area contributed by atoms with Crippen LogP contribution in [0.2, 0.25) is 0 Å². The first-order chi connectivity index (χ1) is 10.2. The van der Waals surface area contributed by atoms with Crippen LogP contribution in [-0.4, -0.2) is 28.5 Å². The fourth-order valence-electron chi connectivity index (χ4n) is 2.38. The van der Waals surface area contributed by atoms with E-state index in [1.54, 1.807) is 6.33 Å². The van der Waals surface area contributed by atoms with Gasteiger partial charge in [-0.3, -0.25) is 4.98 Å².